The molecule has 0 saturated heterocycles. The zero-order valence-electron chi connectivity index (χ0n) is 7.36. The molecule has 0 saturated carbocycles. The molecule has 0 bridgehead atoms. The Morgan fingerprint density at radius 2 is 1.92 bits per heavy atom. The molecule has 0 aliphatic rings. The van der Waals surface area contributed by atoms with Crippen molar-refractivity contribution >= 4 is 23.5 Å². The summed E-state index contributed by atoms with van der Waals surface area (Å²) in [6, 6.07) is 0. The Bertz CT molecular complexity index is 191. The van der Waals surface area contributed by atoms with E-state index in [-0.39, 0.29) is 6.42 Å². The number of aliphatic carboxylic acids is 2. The highest BCUT2D eigenvalue weighted by molar-refractivity contribution is 6.21. The third kappa shape index (κ3) is 5.47. The number of rotatable bonds is 6. The molecule has 0 heterocycles. The number of halogens is 1. The molecule has 0 rings (SSSR count). The van der Waals surface area contributed by atoms with E-state index in [9.17, 15) is 9.59 Å². The van der Waals surface area contributed by atoms with Gasteiger partial charge in [-0.15, -0.1) is 11.6 Å². The van der Waals surface area contributed by atoms with Crippen molar-refractivity contribution in [1.82, 2.24) is 0 Å². The molecule has 13 heavy (non-hydrogen) atoms. The first-order valence-corrected chi connectivity index (χ1v) is 4.47. The van der Waals surface area contributed by atoms with Gasteiger partial charge in [0.1, 0.15) is 0 Å². The van der Waals surface area contributed by atoms with Crippen molar-refractivity contribution in [2.45, 2.75) is 31.6 Å². The van der Waals surface area contributed by atoms with Gasteiger partial charge in [0.15, 0.2) is 0 Å². The molecular weight excluding hydrogens is 196 g/mol. The van der Waals surface area contributed by atoms with E-state index in [0.717, 1.165) is 0 Å². The van der Waals surface area contributed by atoms with E-state index in [0.29, 0.717) is 12.8 Å². The van der Waals surface area contributed by atoms with E-state index in [4.69, 9.17) is 21.8 Å². The molecule has 0 aromatic rings. The first kappa shape index (κ1) is 12.2. The lowest BCUT2D eigenvalue weighted by molar-refractivity contribution is -0.143. The minimum Gasteiger partial charge on any atom is -0.481 e. The second-order valence-electron chi connectivity index (χ2n) is 2.91. The quantitative estimate of drug-likeness (QED) is 0.650. The predicted octanol–water partition coefficient (Wildman–Crippen LogP) is 1.57. The van der Waals surface area contributed by atoms with Crippen molar-refractivity contribution in [2.24, 2.45) is 5.92 Å². The van der Waals surface area contributed by atoms with Crippen LogP contribution in [0.1, 0.15) is 26.2 Å². The van der Waals surface area contributed by atoms with Crippen molar-refractivity contribution in [3.8, 4) is 0 Å². The average molecular weight is 209 g/mol. The molecule has 0 aliphatic carbocycles. The molecule has 0 aromatic heterocycles. The van der Waals surface area contributed by atoms with Crippen molar-refractivity contribution in [3.63, 3.8) is 0 Å². The lowest BCUT2D eigenvalue weighted by Crippen LogP contribution is -2.22. The van der Waals surface area contributed by atoms with Crippen LogP contribution in [0.4, 0.5) is 0 Å². The Hall–Kier alpha value is -0.770. The number of carboxylic acid groups (broad SMARTS) is 2. The summed E-state index contributed by atoms with van der Waals surface area (Å²) in [6.45, 7) is 1.60. The number of carboxylic acids is 2. The second kappa shape index (κ2) is 5.80. The van der Waals surface area contributed by atoms with Crippen LogP contribution in [0.2, 0.25) is 0 Å². The van der Waals surface area contributed by atoms with Crippen LogP contribution in [0.15, 0.2) is 0 Å². The van der Waals surface area contributed by atoms with Gasteiger partial charge in [0, 0.05) is 11.8 Å². The monoisotopic (exact) mass is 208 g/mol. The van der Waals surface area contributed by atoms with Gasteiger partial charge in [-0.05, 0) is 19.8 Å². The van der Waals surface area contributed by atoms with Gasteiger partial charge in [-0.3, -0.25) is 9.59 Å². The summed E-state index contributed by atoms with van der Waals surface area (Å²) in [5.74, 6) is -2.53. The summed E-state index contributed by atoms with van der Waals surface area (Å²) in [7, 11) is 0. The highest BCUT2D eigenvalue weighted by Crippen LogP contribution is 2.17. The predicted molar refractivity (Wildman–Crippen MR) is 47.9 cm³/mol. The highest BCUT2D eigenvalue weighted by atomic mass is 35.5. The van der Waals surface area contributed by atoms with Crippen LogP contribution in [0.5, 0.6) is 0 Å². The molecule has 2 unspecified atom stereocenters. The minimum atomic E-state index is -0.965. The van der Waals surface area contributed by atoms with Crippen molar-refractivity contribution < 1.29 is 19.8 Å². The van der Waals surface area contributed by atoms with Gasteiger partial charge in [0.2, 0.25) is 0 Å². The summed E-state index contributed by atoms with van der Waals surface area (Å²) in [5.41, 5.74) is 0. The first-order valence-electron chi connectivity index (χ1n) is 4.03. The molecule has 5 heteroatoms. The molecule has 0 fully saturated rings. The van der Waals surface area contributed by atoms with Crippen LogP contribution >= 0.6 is 11.6 Å². The summed E-state index contributed by atoms with van der Waals surface area (Å²) >= 11 is 5.63. The van der Waals surface area contributed by atoms with Gasteiger partial charge in [-0.25, -0.2) is 0 Å². The maximum absolute atomic E-state index is 10.6. The third-order valence-corrected chi connectivity index (χ3v) is 2.08. The fourth-order valence-electron chi connectivity index (χ4n) is 1.02. The summed E-state index contributed by atoms with van der Waals surface area (Å²) in [4.78, 5) is 20.7. The molecule has 0 aliphatic heterocycles. The standard InChI is InChI=1S/C8H13ClO4/c1-5(9)6(8(12)13)3-2-4-7(10)11/h5-6H,2-4H2,1H3,(H,10,11)(H,12,13). The van der Waals surface area contributed by atoms with Gasteiger partial charge < -0.3 is 10.2 Å². The molecule has 76 valence electrons. The largest absolute Gasteiger partial charge is 0.481 e. The number of hydrogen-bond acceptors (Lipinski definition) is 2. The Labute approximate surface area is 81.5 Å². The van der Waals surface area contributed by atoms with Crippen LogP contribution in [-0.2, 0) is 9.59 Å². The molecule has 2 N–H and O–H groups in total. The summed E-state index contributed by atoms with van der Waals surface area (Å²) < 4.78 is 0. The molecule has 0 radical (unpaired) electrons. The third-order valence-electron chi connectivity index (χ3n) is 1.78. The van der Waals surface area contributed by atoms with Crippen molar-refractivity contribution in [2.75, 3.05) is 0 Å². The fraction of sp³-hybridized carbons (Fsp3) is 0.750. The molecule has 2 atom stereocenters. The van der Waals surface area contributed by atoms with E-state index in [2.05, 4.69) is 0 Å². The van der Waals surface area contributed by atoms with Gasteiger partial charge in [-0.2, -0.15) is 0 Å². The number of alkyl halides is 1. The number of carbonyl (C=O) groups is 2. The van der Waals surface area contributed by atoms with E-state index in [1.165, 1.54) is 0 Å². The zero-order valence-corrected chi connectivity index (χ0v) is 8.12. The molecule has 4 nitrogen and oxygen atoms in total. The lowest BCUT2D eigenvalue weighted by Gasteiger charge is -2.13. The normalized spacial score (nSPS) is 14.9. The maximum atomic E-state index is 10.6. The SMILES string of the molecule is CC(Cl)C(CCCC(=O)O)C(=O)O. The van der Waals surface area contributed by atoms with Gasteiger partial charge in [-0.1, -0.05) is 0 Å². The lowest BCUT2D eigenvalue weighted by atomic mass is 9.99. The Morgan fingerprint density at radius 1 is 1.38 bits per heavy atom. The zero-order chi connectivity index (χ0) is 10.4. The Kier molecular flexibility index (Phi) is 5.46. The van der Waals surface area contributed by atoms with Gasteiger partial charge >= 0.3 is 11.9 Å². The summed E-state index contributed by atoms with van der Waals surface area (Å²) in [6.07, 6.45) is 0.656. The molecular formula is C8H13ClO4. The van der Waals surface area contributed by atoms with Gasteiger partial charge in [0.05, 0.1) is 5.92 Å². The van der Waals surface area contributed by atoms with Crippen LogP contribution in [0, 0.1) is 5.92 Å². The van der Waals surface area contributed by atoms with Crippen LogP contribution in [0.3, 0.4) is 0 Å². The first-order chi connectivity index (χ1) is 5.95. The summed E-state index contributed by atoms with van der Waals surface area (Å²) in [5, 5.41) is 16.5. The molecule has 0 spiro atoms. The van der Waals surface area contributed by atoms with E-state index < -0.39 is 23.2 Å². The van der Waals surface area contributed by atoms with Crippen LogP contribution < -0.4 is 0 Å². The Balaban J connectivity index is 3.84. The van der Waals surface area contributed by atoms with E-state index >= 15 is 0 Å². The average Bonchev–Trinajstić information content (AvgIpc) is 1.95. The number of hydrogen-bond donors (Lipinski definition) is 2. The minimum absolute atomic E-state index is 0.00656. The van der Waals surface area contributed by atoms with E-state index in [1.807, 2.05) is 0 Å². The van der Waals surface area contributed by atoms with Crippen molar-refractivity contribution in [3.05, 3.63) is 0 Å². The topological polar surface area (TPSA) is 74.6 Å². The van der Waals surface area contributed by atoms with Crippen LogP contribution in [0.25, 0.3) is 0 Å². The van der Waals surface area contributed by atoms with Gasteiger partial charge in [0.25, 0.3) is 0 Å². The highest BCUT2D eigenvalue weighted by Gasteiger charge is 2.22. The van der Waals surface area contributed by atoms with E-state index in [1.54, 1.807) is 6.92 Å². The maximum Gasteiger partial charge on any atom is 0.307 e. The molecule has 0 aromatic carbocycles. The molecule has 0 amide bonds. The van der Waals surface area contributed by atoms with Crippen LogP contribution in [-0.4, -0.2) is 27.5 Å². The van der Waals surface area contributed by atoms with Crippen molar-refractivity contribution in [1.29, 1.82) is 0 Å². The Morgan fingerprint density at radius 3 is 2.23 bits per heavy atom. The fourth-order valence-corrected chi connectivity index (χ4v) is 1.26. The second-order valence-corrected chi connectivity index (χ2v) is 3.60. The smallest absolute Gasteiger partial charge is 0.307 e.